The van der Waals surface area contributed by atoms with Gasteiger partial charge in [-0.3, -0.25) is 4.79 Å². The number of hydrogen-bond acceptors (Lipinski definition) is 4. The Hall–Kier alpha value is -1.20. The van der Waals surface area contributed by atoms with E-state index in [4.69, 9.17) is 5.11 Å². The van der Waals surface area contributed by atoms with Crippen molar-refractivity contribution in [3.63, 3.8) is 0 Å². The van der Waals surface area contributed by atoms with Gasteiger partial charge in [0.05, 0.1) is 16.5 Å². The van der Waals surface area contributed by atoms with Gasteiger partial charge in [0.15, 0.2) is 0 Å². The van der Waals surface area contributed by atoms with Crippen molar-refractivity contribution < 1.29 is 9.90 Å². The molecule has 1 N–H and O–H groups in total. The molecule has 5 heteroatoms. The summed E-state index contributed by atoms with van der Waals surface area (Å²) in [5.41, 5.74) is 0.670. The Labute approximate surface area is 101 Å². The van der Waals surface area contributed by atoms with Gasteiger partial charge in [0.2, 0.25) is 0 Å². The summed E-state index contributed by atoms with van der Waals surface area (Å²) in [5, 5.41) is 13.8. The first-order chi connectivity index (χ1) is 7.72. The third kappa shape index (κ3) is 2.15. The van der Waals surface area contributed by atoms with Crippen LogP contribution in [0.3, 0.4) is 0 Å². The third-order valence-corrected chi connectivity index (χ3v) is 4.22. The van der Waals surface area contributed by atoms with Crippen LogP contribution in [0.15, 0.2) is 22.9 Å². The second-order valence-electron chi connectivity index (χ2n) is 3.35. The molecule has 0 aliphatic rings. The SMILES string of the molecule is CCC(C(=O)O)c1csc(-c2cccs2)n1. The van der Waals surface area contributed by atoms with Crippen LogP contribution in [-0.2, 0) is 4.79 Å². The summed E-state index contributed by atoms with van der Waals surface area (Å²) in [5.74, 6) is -1.28. The average Bonchev–Trinajstić information content (AvgIpc) is 2.86. The van der Waals surface area contributed by atoms with Crippen molar-refractivity contribution in [1.29, 1.82) is 0 Å². The van der Waals surface area contributed by atoms with Crippen molar-refractivity contribution in [2.24, 2.45) is 0 Å². The van der Waals surface area contributed by atoms with Gasteiger partial charge in [-0.15, -0.1) is 22.7 Å². The molecular formula is C11H11NO2S2. The maximum atomic E-state index is 11.0. The summed E-state index contributed by atoms with van der Waals surface area (Å²) >= 11 is 3.12. The molecule has 0 spiro atoms. The van der Waals surface area contributed by atoms with Crippen molar-refractivity contribution in [2.75, 3.05) is 0 Å². The number of carbonyl (C=O) groups is 1. The number of rotatable bonds is 4. The summed E-state index contributed by atoms with van der Waals surface area (Å²) in [6.07, 6.45) is 0.572. The number of nitrogens with zero attached hydrogens (tertiary/aromatic N) is 1. The van der Waals surface area contributed by atoms with E-state index in [0.717, 1.165) is 9.88 Å². The predicted octanol–water partition coefficient (Wildman–Crippen LogP) is 3.45. The Morgan fingerprint density at radius 2 is 2.38 bits per heavy atom. The molecule has 84 valence electrons. The monoisotopic (exact) mass is 253 g/mol. The topological polar surface area (TPSA) is 50.2 Å². The minimum absolute atomic E-state index is 0.482. The van der Waals surface area contributed by atoms with E-state index in [0.29, 0.717) is 12.1 Å². The lowest BCUT2D eigenvalue weighted by Gasteiger charge is -2.04. The third-order valence-electron chi connectivity index (χ3n) is 2.32. The van der Waals surface area contributed by atoms with Crippen LogP contribution in [0.2, 0.25) is 0 Å². The number of aromatic nitrogens is 1. The fraction of sp³-hybridized carbons (Fsp3) is 0.273. The van der Waals surface area contributed by atoms with Crippen molar-refractivity contribution in [1.82, 2.24) is 4.98 Å². The lowest BCUT2D eigenvalue weighted by molar-refractivity contribution is -0.138. The molecule has 1 atom stereocenters. The second kappa shape index (κ2) is 4.76. The van der Waals surface area contributed by atoms with Crippen molar-refractivity contribution in [3.05, 3.63) is 28.6 Å². The molecule has 1 unspecified atom stereocenters. The highest BCUT2D eigenvalue weighted by molar-refractivity contribution is 7.20. The standard InChI is InChI=1S/C11H11NO2S2/c1-2-7(11(13)14)8-6-16-10(12-8)9-4-3-5-15-9/h3-7H,2H2,1H3,(H,13,14). The van der Waals surface area contributed by atoms with Crippen LogP contribution >= 0.6 is 22.7 Å². The van der Waals surface area contributed by atoms with Crippen molar-refractivity contribution in [3.8, 4) is 9.88 Å². The molecule has 3 nitrogen and oxygen atoms in total. The zero-order valence-electron chi connectivity index (χ0n) is 8.71. The highest BCUT2D eigenvalue weighted by Gasteiger charge is 2.20. The fourth-order valence-electron chi connectivity index (χ4n) is 1.47. The number of hydrogen-bond donors (Lipinski definition) is 1. The quantitative estimate of drug-likeness (QED) is 0.908. The molecule has 0 saturated heterocycles. The molecule has 0 aliphatic heterocycles. The Morgan fingerprint density at radius 3 is 2.94 bits per heavy atom. The molecule has 0 radical (unpaired) electrons. The second-order valence-corrected chi connectivity index (χ2v) is 5.16. The summed E-state index contributed by atoms with van der Waals surface area (Å²) in [4.78, 5) is 16.5. The molecule has 2 aromatic heterocycles. The first-order valence-corrected chi connectivity index (χ1v) is 6.70. The van der Waals surface area contributed by atoms with E-state index in [2.05, 4.69) is 4.98 Å². The highest BCUT2D eigenvalue weighted by atomic mass is 32.1. The van der Waals surface area contributed by atoms with Crippen LogP contribution in [0, 0.1) is 0 Å². The minimum atomic E-state index is -0.800. The zero-order chi connectivity index (χ0) is 11.5. The lowest BCUT2D eigenvalue weighted by Crippen LogP contribution is -2.10. The van der Waals surface area contributed by atoms with Crippen molar-refractivity contribution in [2.45, 2.75) is 19.3 Å². The van der Waals surface area contributed by atoms with Crippen LogP contribution in [-0.4, -0.2) is 16.1 Å². The molecule has 0 fully saturated rings. The summed E-state index contributed by atoms with van der Waals surface area (Å²) in [6, 6.07) is 3.96. The Bertz CT molecular complexity index is 476. The molecule has 0 aromatic carbocycles. The van der Waals surface area contributed by atoms with E-state index >= 15 is 0 Å². The Kier molecular flexibility index (Phi) is 3.36. The van der Waals surface area contributed by atoms with Gasteiger partial charge in [0, 0.05) is 5.38 Å². The smallest absolute Gasteiger partial charge is 0.312 e. The summed E-state index contributed by atoms with van der Waals surface area (Å²) < 4.78 is 0. The largest absolute Gasteiger partial charge is 0.481 e. The van der Waals surface area contributed by atoms with Gasteiger partial charge in [0.1, 0.15) is 5.01 Å². The number of carboxylic acids is 1. The summed E-state index contributed by atoms with van der Waals surface area (Å²) in [7, 11) is 0. The van der Waals surface area contributed by atoms with Crippen LogP contribution in [0.1, 0.15) is 25.0 Å². The molecule has 16 heavy (non-hydrogen) atoms. The van der Waals surface area contributed by atoms with Crippen LogP contribution in [0.4, 0.5) is 0 Å². The summed E-state index contributed by atoms with van der Waals surface area (Å²) in [6.45, 7) is 1.86. The normalized spacial score (nSPS) is 12.6. The molecule has 0 bridgehead atoms. The van der Waals surface area contributed by atoms with Gasteiger partial charge in [-0.2, -0.15) is 0 Å². The van der Waals surface area contributed by atoms with Gasteiger partial charge in [0.25, 0.3) is 0 Å². The molecule has 0 amide bonds. The average molecular weight is 253 g/mol. The number of thiophene rings is 1. The van der Waals surface area contributed by atoms with Gasteiger partial charge in [-0.1, -0.05) is 13.0 Å². The Morgan fingerprint density at radius 1 is 1.56 bits per heavy atom. The van der Waals surface area contributed by atoms with Crippen LogP contribution in [0.25, 0.3) is 9.88 Å². The van der Waals surface area contributed by atoms with E-state index < -0.39 is 11.9 Å². The molecule has 0 aliphatic carbocycles. The molecule has 0 saturated carbocycles. The Balaban J connectivity index is 2.29. The van der Waals surface area contributed by atoms with Gasteiger partial charge in [-0.05, 0) is 17.9 Å². The van der Waals surface area contributed by atoms with Gasteiger partial charge < -0.3 is 5.11 Å². The van der Waals surface area contributed by atoms with Crippen LogP contribution < -0.4 is 0 Å². The minimum Gasteiger partial charge on any atom is -0.481 e. The molecule has 2 aromatic rings. The van der Waals surface area contributed by atoms with Crippen molar-refractivity contribution >= 4 is 28.6 Å². The lowest BCUT2D eigenvalue weighted by atomic mass is 10.0. The number of carboxylic acid groups (broad SMARTS) is 1. The number of thiazole rings is 1. The van der Waals surface area contributed by atoms with E-state index in [1.165, 1.54) is 11.3 Å². The van der Waals surface area contributed by atoms with Crippen LogP contribution in [0.5, 0.6) is 0 Å². The van der Waals surface area contributed by atoms with E-state index in [-0.39, 0.29) is 0 Å². The van der Waals surface area contributed by atoms with E-state index in [1.54, 1.807) is 11.3 Å². The molecule has 2 heterocycles. The van der Waals surface area contributed by atoms with E-state index in [9.17, 15) is 4.79 Å². The van der Waals surface area contributed by atoms with E-state index in [1.807, 2.05) is 29.8 Å². The zero-order valence-corrected chi connectivity index (χ0v) is 10.3. The van der Waals surface area contributed by atoms with Gasteiger partial charge >= 0.3 is 5.97 Å². The highest BCUT2D eigenvalue weighted by Crippen LogP contribution is 2.31. The van der Waals surface area contributed by atoms with Gasteiger partial charge in [-0.25, -0.2) is 4.98 Å². The first-order valence-electron chi connectivity index (χ1n) is 4.94. The fourth-order valence-corrected chi connectivity index (χ4v) is 3.16. The predicted molar refractivity (Wildman–Crippen MR) is 66.1 cm³/mol. The maximum absolute atomic E-state index is 11.0. The maximum Gasteiger partial charge on any atom is 0.312 e. The molecular weight excluding hydrogens is 242 g/mol. The first kappa shape index (κ1) is 11.3. The number of aliphatic carboxylic acids is 1. The molecule has 2 rings (SSSR count).